The number of nitrogens with zero attached hydrogens (tertiary/aromatic N) is 5. The molecule has 2 atom stereocenters. The van der Waals surface area contributed by atoms with E-state index in [1.54, 1.807) is 19.0 Å². The van der Waals surface area contributed by atoms with Crippen molar-refractivity contribution in [1.29, 1.82) is 0 Å². The average molecular weight is 339 g/mol. The van der Waals surface area contributed by atoms with E-state index in [1.165, 1.54) is 6.20 Å². The van der Waals surface area contributed by atoms with E-state index in [0.29, 0.717) is 18.1 Å². The Kier molecular flexibility index (Phi) is 6.89. The largest absolute Gasteiger partial charge is 0.373 e. The quantitative estimate of drug-likeness (QED) is 0.711. The van der Waals surface area contributed by atoms with Gasteiger partial charge in [-0.25, -0.2) is 14.4 Å². The number of rotatable bonds is 8. The van der Waals surface area contributed by atoms with Gasteiger partial charge in [-0.2, -0.15) is 0 Å². The summed E-state index contributed by atoms with van der Waals surface area (Å²) in [5.41, 5.74) is 0. The second-order valence-corrected chi connectivity index (χ2v) is 7.08. The lowest BCUT2D eigenvalue weighted by molar-refractivity contribution is 0.0262. The zero-order chi connectivity index (χ0) is 17.7. The number of anilines is 1. The second kappa shape index (κ2) is 8.69. The first-order valence-electron chi connectivity index (χ1n) is 8.52. The number of likely N-dealkylation sites (N-methyl/N-ethyl adjacent to an activating group) is 2. The van der Waals surface area contributed by atoms with Crippen LogP contribution in [-0.2, 0) is 11.2 Å². The maximum absolute atomic E-state index is 13.7. The van der Waals surface area contributed by atoms with Gasteiger partial charge in [-0.05, 0) is 34.0 Å². The fourth-order valence-corrected chi connectivity index (χ4v) is 2.88. The molecule has 1 saturated heterocycles. The highest BCUT2D eigenvalue weighted by Crippen LogP contribution is 2.23. The minimum atomic E-state index is -0.392. The third-order valence-corrected chi connectivity index (χ3v) is 4.25. The average Bonchev–Trinajstić information content (AvgIpc) is 2.94. The highest BCUT2D eigenvalue weighted by molar-refractivity contribution is 5.36. The van der Waals surface area contributed by atoms with Crippen LogP contribution in [0.5, 0.6) is 0 Å². The number of aromatic nitrogens is 2. The van der Waals surface area contributed by atoms with Gasteiger partial charge in [0.15, 0.2) is 11.6 Å². The molecule has 0 saturated carbocycles. The molecule has 1 aromatic rings. The first-order chi connectivity index (χ1) is 11.3. The van der Waals surface area contributed by atoms with Crippen molar-refractivity contribution in [2.24, 2.45) is 0 Å². The molecule has 0 spiro atoms. The molecule has 2 rings (SSSR count). The van der Waals surface area contributed by atoms with Crippen molar-refractivity contribution < 1.29 is 9.13 Å². The van der Waals surface area contributed by atoms with Crippen LogP contribution in [-0.4, -0.2) is 86.8 Å². The maximum atomic E-state index is 13.7. The van der Waals surface area contributed by atoms with Crippen molar-refractivity contribution in [3.8, 4) is 0 Å². The van der Waals surface area contributed by atoms with E-state index in [0.717, 1.165) is 32.5 Å². The lowest BCUT2D eigenvalue weighted by Crippen LogP contribution is -2.34. The molecule has 7 heteroatoms. The molecule has 0 radical (unpaired) electrons. The molecule has 1 aliphatic heterocycles. The van der Waals surface area contributed by atoms with Gasteiger partial charge >= 0.3 is 0 Å². The Hall–Kier alpha value is -1.31. The van der Waals surface area contributed by atoms with Crippen molar-refractivity contribution in [1.82, 2.24) is 19.8 Å². The lowest BCUT2D eigenvalue weighted by Gasteiger charge is -2.23. The van der Waals surface area contributed by atoms with Crippen molar-refractivity contribution in [3.63, 3.8) is 0 Å². The van der Waals surface area contributed by atoms with Gasteiger partial charge < -0.3 is 19.4 Å². The van der Waals surface area contributed by atoms with Gasteiger partial charge in [-0.15, -0.1) is 0 Å². The first-order valence-corrected chi connectivity index (χ1v) is 8.52. The van der Waals surface area contributed by atoms with Crippen molar-refractivity contribution in [2.75, 3.05) is 59.8 Å². The molecule has 0 aliphatic carbocycles. The van der Waals surface area contributed by atoms with Gasteiger partial charge in [0.2, 0.25) is 0 Å². The minimum Gasteiger partial charge on any atom is -0.373 e. The summed E-state index contributed by atoms with van der Waals surface area (Å²) in [6, 6.07) is 0. The standard InChI is InChI=1S/C17H30FN5O/c1-21(2)8-9-23(5)12-14-7-6-13(24-14)10-16-19-11-15(18)17(20-16)22(3)4/h11,13-14H,6-10,12H2,1-5H3/t13-,14+/m0/s1. The highest BCUT2D eigenvalue weighted by Gasteiger charge is 2.27. The van der Waals surface area contributed by atoms with Crippen LogP contribution in [0.15, 0.2) is 6.20 Å². The van der Waals surface area contributed by atoms with Gasteiger partial charge in [0.1, 0.15) is 5.82 Å². The third-order valence-electron chi connectivity index (χ3n) is 4.25. The Bertz CT molecular complexity index is 526. The van der Waals surface area contributed by atoms with E-state index in [9.17, 15) is 4.39 Å². The van der Waals surface area contributed by atoms with Gasteiger partial charge in [-0.3, -0.25) is 0 Å². The zero-order valence-electron chi connectivity index (χ0n) is 15.5. The highest BCUT2D eigenvalue weighted by atomic mass is 19.1. The summed E-state index contributed by atoms with van der Waals surface area (Å²) in [4.78, 5) is 14.6. The molecular formula is C17H30FN5O. The molecule has 6 nitrogen and oxygen atoms in total. The molecule has 1 fully saturated rings. The van der Waals surface area contributed by atoms with Crippen LogP contribution in [0.1, 0.15) is 18.7 Å². The van der Waals surface area contributed by atoms with E-state index < -0.39 is 5.82 Å². The van der Waals surface area contributed by atoms with E-state index in [-0.39, 0.29) is 12.2 Å². The van der Waals surface area contributed by atoms with Gasteiger partial charge in [-0.1, -0.05) is 0 Å². The van der Waals surface area contributed by atoms with Crippen molar-refractivity contribution in [3.05, 3.63) is 17.8 Å². The fraction of sp³-hybridized carbons (Fsp3) is 0.765. The van der Waals surface area contributed by atoms with Crippen LogP contribution < -0.4 is 4.90 Å². The van der Waals surface area contributed by atoms with Crippen molar-refractivity contribution >= 4 is 5.82 Å². The molecule has 0 unspecified atom stereocenters. The Labute approximate surface area is 144 Å². The monoisotopic (exact) mass is 339 g/mol. The molecule has 2 heterocycles. The zero-order valence-corrected chi connectivity index (χ0v) is 15.5. The number of hydrogen-bond acceptors (Lipinski definition) is 6. The summed E-state index contributed by atoms with van der Waals surface area (Å²) in [7, 11) is 9.86. The third kappa shape index (κ3) is 5.65. The normalized spacial score (nSPS) is 21.0. The predicted octanol–water partition coefficient (Wildman–Crippen LogP) is 1.27. The fourth-order valence-electron chi connectivity index (χ4n) is 2.88. The molecule has 1 aromatic heterocycles. The predicted molar refractivity (Wildman–Crippen MR) is 94.0 cm³/mol. The summed E-state index contributed by atoms with van der Waals surface area (Å²) < 4.78 is 19.8. The number of ether oxygens (including phenoxy) is 1. The molecule has 0 amide bonds. The Morgan fingerprint density at radius 1 is 1.12 bits per heavy atom. The van der Waals surface area contributed by atoms with Gasteiger partial charge in [0.05, 0.1) is 18.4 Å². The summed E-state index contributed by atoms with van der Waals surface area (Å²) >= 11 is 0. The smallest absolute Gasteiger partial charge is 0.183 e. The summed E-state index contributed by atoms with van der Waals surface area (Å²) in [5, 5.41) is 0. The van der Waals surface area contributed by atoms with E-state index in [2.05, 4.69) is 40.9 Å². The molecule has 0 N–H and O–H groups in total. The lowest BCUT2D eigenvalue weighted by atomic mass is 10.1. The number of hydrogen-bond donors (Lipinski definition) is 0. The van der Waals surface area contributed by atoms with Gasteiger partial charge in [0, 0.05) is 40.2 Å². The summed E-state index contributed by atoms with van der Waals surface area (Å²) in [5.74, 6) is 0.584. The molecular weight excluding hydrogens is 309 g/mol. The molecule has 136 valence electrons. The molecule has 0 aromatic carbocycles. The molecule has 0 bridgehead atoms. The maximum Gasteiger partial charge on any atom is 0.183 e. The number of halogens is 1. The van der Waals surface area contributed by atoms with Crippen LogP contribution in [0.25, 0.3) is 0 Å². The van der Waals surface area contributed by atoms with Crippen LogP contribution in [0, 0.1) is 5.82 Å². The Balaban J connectivity index is 1.82. The molecule has 1 aliphatic rings. The summed E-state index contributed by atoms with van der Waals surface area (Å²) in [6.45, 7) is 3.02. The Morgan fingerprint density at radius 2 is 1.83 bits per heavy atom. The minimum absolute atomic E-state index is 0.123. The summed E-state index contributed by atoms with van der Waals surface area (Å²) in [6.07, 6.45) is 4.33. The Morgan fingerprint density at radius 3 is 2.50 bits per heavy atom. The van der Waals surface area contributed by atoms with Crippen molar-refractivity contribution in [2.45, 2.75) is 31.5 Å². The van der Waals surface area contributed by atoms with Crippen LogP contribution >= 0.6 is 0 Å². The topological polar surface area (TPSA) is 44.7 Å². The van der Waals surface area contributed by atoms with E-state index >= 15 is 0 Å². The second-order valence-electron chi connectivity index (χ2n) is 7.08. The van der Waals surface area contributed by atoms with E-state index in [4.69, 9.17) is 4.74 Å². The first kappa shape index (κ1) is 19.0. The van der Waals surface area contributed by atoms with Gasteiger partial charge in [0.25, 0.3) is 0 Å². The van der Waals surface area contributed by atoms with E-state index in [1.807, 2.05) is 0 Å². The SMILES string of the molecule is CN(C)CCN(C)C[C@H]1CC[C@@H](Cc2ncc(F)c(N(C)C)n2)O1. The van der Waals surface area contributed by atoms with Crippen LogP contribution in [0.3, 0.4) is 0 Å². The van der Waals surface area contributed by atoms with Crippen LogP contribution in [0.4, 0.5) is 10.2 Å². The molecule has 24 heavy (non-hydrogen) atoms. The van der Waals surface area contributed by atoms with Crippen LogP contribution in [0.2, 0.25) is 0 Å².